The average Bonchev–Trinajstić information content (AvgIpc) is 2.53. The van der Waals surface area contributed by atoms with Crippen molar-refractivity contribution in [2.24, 2.45) is 5.92 Å². The van der Waals surface area contributed by atoms with Gasteiger partial charge in [0.25, 0.3) is 0 Å². The first-order valence-electron chi connectivity index (χ1n) is 7.20. The van der Waals surface area contributed by atoms with Crippen LogP contribution in [0.4, 0.5) is 5.69 Å². The fourth-order valence-electron chi connectivity index (χ4n) is 2.61. The Morgan fingerprint density at radius 3 is 2.77 bits per heavy atom. The molecule has 2 rings (SSSR count). The lowest BCUT2D eigenvalue weighted by Gasteiger charge is -2.27. The number of aliphatic hydroxyl groups excluding tert-OH is 1. The van der Waals surface area contributed by atoms with E-state index in [-0.39, 0.29) is 29.5 Å². The number of nitrogens with zero attached hydrogens (tertiary/aromatic N) is 1. The summed E-state index contributed by atoms with van der Waals surface area (Å²) in [5.41, 5.74) is -0.188. The summed E-state index contributed by atoms with van der Waals surface area (Å²) >= 11 is 0. The molecule has 2 atom stereocenters. The van der Waals surface area contributed by atoms with Crippen molar-refractivity contribution in [3.8, 4) is 5.75 Å². The Morgan fingerprint density at radius 1 is 1.41 bits per heavy atom. The third-order valence-corrected chi connectivity index (χ3v) is 3.90. The SMILES string of the molecule is COC(=O)c1ccc(OC[C@H]2CCCC[C@H]2O)c([N+](=O)[O-])c1. The van der Waals surface area contributed by atoms with Crippen molar-refractivity contribution in [1.29, 1.82) is 0 Å². The van der Waals surface area contributed by atoms with E-state index >= 15 is 0 Å². The predicted octanol–water partition coefficient (Wildman–Crippen LogP) is 2.31. The Hall–Kier alpha value is -2.15. The van der Waals surface area contributed by atoms with Crippen LogP contribution in [0.15, 0.2) is 18.2 Å². The molecule has 22 heavy (non-hydrogen) atoms. The van der Waals surface area contributed by atoms with Crippen molar-refractivity contribution in [1.82, 2.24) is 0 Å². The number of nitro benzene ring substituents is 1. The lowest BCUT2D eigenvalue weighted by atomic mass is 9.87. The van der Waals surface area contributed by atoms with Gasteiger partial charge in [-0.05, 0) is 25.0 Å². The van der Waals surface area contributed by atoms with E-state index in [0.717, 1.165) is 31.7 Å². The predicted molar refractivity (Wildman–Crippen MR) is 77.9 cm³/mol. The zero-order valence-electron chi connectivity index (χ0n) is 12.4. The maximum atomic E-state index is 11.4. The highest BCUT2D eigenvalue weighted by Crippen LogP contribution is 2.31. The topological polar surface area (TPSA) is 98.9 Å². The van der Waals surface area contributed by atoms with Gasteiger partial charge in [-0.2, -0.15) is 0 Å². The van der Waals surface area contributed by atoms with E-state index in [0.29, 0.717) is 0 Å². The fourth-order valence-corrected chi connectivity index (χ4v) is 2.61. The first-order chi connectivity index (χ1) is 10.5. The normalized spacial score (nSPS) is 21.2. The Kier molecular flexibility index (Phi) is 5.32. The number of hydrogen-bond donors (Lipinski definition) is 1. The van der Waals surface area contributed by atoms with Gasteiger partial charge < -0.3 is 14.6 Å². The Labute approximate surface area is 128 Å². The molecule has 0 spiro atoms. The summed E-state index contributed by atoms with van der Waals surface area (Å²) in [6.07, 6.45) is 3.16. The molecule has 1 saturated carbocycles. The van der Waals surface area contributed by atoms with Crippen LogP contribution in [0, 0.1) is 16.0 Å². The van der Waals surface area contributed by atoms with Gasteiger partial charge in [0, 0.05) is 12.0 Å². The number of ether oxygens (including phenoxy) is 2. The molecule has 0 aromatic heterocycles. The number of methoxy groups -OCH3 is 1. The van der Waals surface area contributed by atoms with Crippen molar-refractivity contribution < 1.29 is 24.3 Å². The van der Waals surface area contributed by atoms with Gasteiger partial charge >= 0.3 is 11.7 Å². The molecule has 0 amide bonds. The summed E-state index contributed by atoms with van der Waals surface area (Å²) in [5.74, 6) is -0.568. The maximum Gasteiger partial charge on any atom is 0.338 e. The second kappa shape index (κ2) is 7.22. The number of rotatable bonds is 5. The van der Waals surface area contributed by atoms with E-state index in [1.807, 2.05) is 0 Å². The van der Waals surface area contributed by atoms with Gasteiger partial charge in [-0.25, -0.2) is 4.79 Å². The minimum absolute atomic E-state index is 0.0198. The molecular formula is C15H19NO6. The standard InChI is InChI=1S/C15H19NO6/c1-21-15(18)10-6-7-14(12(8-10)16(19)20)22-9-11-4-2-3-5-13(11)17/h6-8,11,13,17H,2-5,9H2,1H3/t11-,13-/m1/s1. The lowest BCUT2D eigenvalue weighted by molar-refractivity contribution is -0.386. The number of benzene rings is 1. The van der Waals surface area contributed by atoms with Crippen LogP contribution in [0.3, 0.4) is 0 Å². The molecule has 1 fully saturated rings. The third-order valence-electron chi connectivity index (χ3n) is 3.90. The van der Waals surface area contributed by atoms with Crippen LogP contribution in [0.5, 0.6) is 5.75 Å². The molecule has 0 unspecified atom stereocenters. The van der Waals surface area contributed by atoms with E-state index in [4.69, 9.17) is 4.74 Å². The lowest BCUT2D eigenvalue weighted by Crippen LogP contribution is -2.29. The molecule has 0 heterocycles. The molecule has 1 aliphatic carbocycles. The van der Waals surface area contributed by atoms with Gasteiger partial charge in [0.1, 0.15) is 0 Å². The van der Waals surface area contributed by atoms with Crippen LogP contribution in [0.1, 0.15) is 36.0 Å². The van der Waals surface area contributed by atoms with Crippen molar-refractivity contribution in [3.05, 3.63) is 33.9 Å². The van der Waals surface area contributed by atoms with Crippen LogP contribution in [0.2, 0.25) is 0 Å². The van der Waals surface area contributed by atoms with Crippen LogP contribution in [0.25, 0.3) is 0 Å². The van der Waals surface area contributed by atoms with Gasteiger partial charge in [-0.3, -0.25) is 10.1 Å². The van der Waals surface area contributed by atoms with Crippen LogP contribution >= 0.6 is 0 Å². The number of hydrogen-bond acceptors (Lipinski definition) is 6. The smallest absolute Gasteiger partial charge is 0.338 e. The molecule has 0 saturated heterocycles. The number of esters is 1. The minimum Gasteiger partial charge on any atom is -0.486 e. The minimum atomic E-state index is -0.641. The van der Waals surface area contributed by atoms with E-state index in [9.17, 15) is 20.0 Å². The van der Waals surface area contributed by atoms with Crippen molar-refractivity contribution in [2.75, 3.05) is 13.7 Å². The highest BCUT2D eigenvalue weighted by Gasteiger charge is 2.25. The van der Waals surface area contributed by atoms with E-state index in [2.05, 4.69) is 4.74 Å². The molecule has 1 N–H and O–H groups in total. The number of carbonyl (C=O) groups is 1. The fraction of sp³-hybridized carbons (Fsp3) is 0.533. The van der Waals surface area contributed by atoms with E-state index in [1.54, 1.807) is 0 Å². The molecule has 1 aromatic rings. The summed E-state index contributed by atoms with van der Waals surface area (Å²) in [6.45, 7) is 0.222. The van der Waals surface area contributed by atoms with Gasteiger partial charge in [-0.15, -0.1) is 0 Å². The molecule has 1 aromatic carbocycles. The largest absolute Gasteiger partial charge is 0.486 e. The molecule has 0 radical (unpaired) electrons. The zero-order chi connectivity index (χ0) is 16.1. The van der Waals surface area contributed by atoms with Crippen molar-refractivity contribution in [2.45, 2.75) is 31.8 Å². The van der Waals surface area contributed by atoms with Crippen LogP contribution < -0.4 is 4.74 Å². The quantitative estimate of drug-likeness (QED) is 0.509. The Balaban J connectivity index is 2.12. The van der Waals surface area contributed by atoms with Crippen molar-refractivity contribution >= 4 is 11.7 Å². The third kappa shape index (κ3) is 3.73. The number of carbonyl (C=O) groups excluding carboxylic acids is 1. The van der Waals surface area contributed by atoms with Crippen LogP contribution in [-0.4, -0.2) is 35.8 Å². The van der Waals surface area contributed by atoms with Gasteiger partial charge in [-0.1, -0.05) is 12.8 Å². The second-order valence-electron chi connectivity index (χ2n) is 5.35. The first-order valence-corrected chi connectivity index (χ1v) is 7.20. The van der Waals surface area contributed by atoms with Gasteiger partial charge in [0.05, 0.1) is 30.3 Å². The number of nitro groups is 1. The zero-order valence-corrected chi connectivity index (χ0v) is 12.4. The summed E-state index contributed by atoms with van der Waals surface area (Å²) in [5, 5.41) is 21.0. The molecule has 7 nitrogen and oxygen atoms in total. The first kappa shape index (κ1) is 16.2. The summed E-state index contributed by atoms with van der Waals surface area (Å²) in [6, 6.07) is 3.95. The average molecular weight is 309 g/mol. The summed E-state index contributed by atoms with van der Waals surface area (Å²) < 4.78 is 10.1. The number of aliphatic hydroxyl groups is 1. The highest BCUT2D eigenvalue weighted by atomic mass is 16.6. The Bertz CT molecular complexity index is 559. The van der Waals surface area contributed by atoms with E-state index < -0.39 is 17.0 Å². The monoisotopic (exact) mass is 309 g/mol. The van der Waals surface area contributed by atoms with Crippen LogP contribution in [-0.2, 0) is 4.74 Å². The van der Waals surface area contributed by atoms with Gasteiger partial charge in [0.2, 0.25) is 0 Å². The molecular weight excluding hydrogens is 290 g/mol. The summed E-state index contributed by atoms with van der Waals surface area (Å²) in [7, 11) is 1.21. The summed E-state index contributed by atoms with van der Waals surface area (Å²) in [4.78, 5) is 22.0. The molecule has 7 heteroatoms. The second-order valence-corrected chi connectivity index (χ2v) is 5.35. The Morgan fingerprint density at radius 2 is 2.14 bits per heavy atom. The molecule has 0 bridgehead atoms. The maximum absolute atomic E-state index is 11.4. The van der Waals surface area contributed by atoms with E-state index in [1.165, 1.54) is 19.2 Å². The molecule has 120 valence electrons. The van der Waals surface area contributed by atoms with Gasteiger partial charge in [0.15, 0.2) is 5.75 Å². The molecule has 0 aliphatic heterocycles. The van der Waals surface area contributed by atoms with Crippen molar-refractivity contribution in [3.63, 3.8) is 0 Å². The molecule has 1 aliphatic rings. The highest BCUT2D eigenvalue weighted by molar-refractivity contribution is 5.90.